The average Bonchev–Trinajstić information content (AvgIpc) is 2.58. The molecule has 0 aromatic rings. The molecule has 1 amide bonds. The second kappa shape index (κ2) is 3.64. The number of hydrogen-bond donors (Lipinski definition) is 1. The van der Waals surface area contributed by atoms with Gasteiger partial charge in [-0.05, 0) is 26.2 Å². The number of carbonyl (C=O) groups excluding carboxylic acids is 2. The van der Waals surface area contributed by atoms with E-state index in [0.29, 0.717) is 13.0 Å². The molecule has 5 heteroatoms. The molecule has 1 heterocycles. The quantitative estimate of drug-likeness (QED) is 0.684. The van der Waals surface area contributed by atoms with E-state index >= 15 is 0 Å². The second-order valence-electron chi connectivity index (χ2n) is 5.01. The fraction of sp³-hybridized carbons (Fsp3) is 0.818. The van der Waals surface area contributed by atoms with E-state index in [0.717, 1.165) is 19.3 Å². The number of alkyl carbamates (subject to hydrolysis) is 1. The molecule has 5 nitrogen and oxygen atoms in total. The molecule has 1 aliphatic carbocycles. The lowest BCUT2D eigenvalue weighted by Crippen LogP contribution is -2.46. The van der Waals surface area contributed by atoms with Crippen LogP contribution in [0.2, 0.25) is 0 Å². The van der Waals surface area contributed by atoms with Gasteiger partial charge < -0.3 is 14.8 Å². The minimum Gasteiger partial charge on any atom is -0.469 e. The van der Waals surface area contributed by atoms with Crippen molar-refractivity contribution in [3.05, 3.63) is 0 Å². The van der Waals surface area contributed by atoms with Gasteiger partial charge in [-0.3, -0.25) is 4.79 Å². The Kier molecular flexibility index (Phi) is 2.56. The first kappa shape index (κ1) is 11.2. The lowest BCUT2D eigenvalue weighted by atomic mass is 9.68. The Balaban J connectivity index is 2.15. The normalized spacial score (nSPS) is 38.0. The van der Waals surface area contributed by atoms with Crippen molar-refractivity contribution in [3.8, 4) is 0 Å². The van der Waals surface area contributed by atoms with Crippen molar-refractivity contribution in [2.24, 2.45) is 5.41 Å². The summed E-state index contributed by atoms with van der Waals surface area (Å²) in [5, 5.41) is 2.66. The zero-order chi connectivity index (χ0) is 11.8. The van der Waals surface area contributed by atoms with Gasteiger partial charge >= 0.3 is 12.1 Å². The maximum atomic E-state index is 11.7. The highest BCUT2D eigenvalue weighted by molar-refractivity contribution is 5.77. The lowest BCUT2D eigenvalue weighted by molar-refractivity contribution is -0.158. The molecule has 1 saturated heterocycles. The van der Waals surface area contributed by atoms with Crippen LogP contribution in [0, 0.1) is 5.41 Å². The Hall–Kier alpha value is -1.26. The standard InChI is InChI=1S/C11H17NO4/c1-10(8(13)15-2)4-3-5-11(6-10)7-12-9(14)16-11/h3-7H2,1-2H3,(H,12,14). The van der Waals surface area contributed by atoms with Crippen molar-refractivity contribution < 1.29 is 19.1 Å². The molecule has 1 aliphatic heterocycles. The van der Waals surface area contributed by atoms with E-state index < -0.39 is 11.0 Å². The van der Waals surface area contributed by atoms with Crippen LogP contribution in [-0.4, -0.2) is 31.3 Å². The minimum absolute atomic E-state index is 0.213. The van der Waals surface area contributed by atoms with Crippen molar-refractivity contribution in [2.45, 2.75) is 38.2 Å². The van der Waals surface area contributed by atoms with Gasteiger partial charge in [-0.1, -0.05) is 0 Å². The summed E-state index contributed by atoms with van der Waals surface area (Å²) < 4.78 is 10.1. The van der Waals surface area contributed by atoms with Crippen LogP contribution in [0.25, 0.3) is 0 Å². The first-order chi connectivity index (χ1) is 7.50. The summed E-state index contributed by atoms with van der Waals surface area (Å²) in [6.45, 7) is 2.38. The Morgan fingerprint density at radius 3 is 2.81 bits per heavy atom. The highest BCUT2D eigenvalue weighted by Crippen LogP contribution is 2.45. The molecule has 1 spiro atoms. The van der Waals surface area contributed by atoms with E-state index in [-0.39, 0.29) is 12.1 Å². The smallest absolute Gasteiger partial charge is 0.407 e. The Labute approximate surface area is 94.5 Å². The third kappa shape index (κ3) is 1.74. The number of rotatable bonds is 1. The SMILES string of the molecule is COC(=O)C1(C)CCCC2(CNC(=O)O2)C1. The summed E-state index contributed by atoms with van der Waals surface area (Å²) in [5.74, 6) is -0.213. The van der Waals surface area contributed by atoms with Crippen molar-refractivity contribution >= 4 is 12.1 Å². The molecule has 0 bridgehead atoms. The molecule has 90 valence electrons. The number of carbonyl (C=O) groups is 2. The van der Waals surface area contributed by atoms with E-state index in [9.17, 15) is 9.59 Å². The van der Waals surface area contributed by atoms with Gasteiger partial charge in [0.1, 0.15) is 5.60 Å². The molecule has 2 fully saturated rings. The van der Waals surface area contributed by atoms with E-state index in [4.69, 9.17) is 9.47 Å². The average molecular weight is 227 g/mol. The van der Waals surface area contributed by atoms with Gasteiger partial charge in [0.15, 0.2) is 0 Å². The maximum absolute atomic E-state index is 11.7. The van der Waals surface area contributed by atoms with E-state index in [2.05, 4.69) is 5.32 Å². The van der Waals surface area contributed by atoms with Crippen molar-refractivity contribution in [2.75, 3.05) is 13.7 Å². The molecule has 0 aromatic heterocycles. The van der Waals surface area contributed by atoms with Gasteiger partial charge in [-0.2, -0.15) is 0 Å². The van der Waals surface area contributed by atoms with Gasteiger partial charge in [0.2, 0.25) is 0 Å². The molecule has 0 aromatic carbocycles. The Morgan fingerprint density at radius 1 is 1.50 bits per heavy atom. The van der Waals surface area contributed by atoms with Crippen LogP contribution >= 0.6 is 0 Å². The number of nitrogens with one attached hydrogen (secondary N) is 1. The van der Waals surface area contributed by atoms with Gasteiger partial charge in [-0.25, -0.2) is 4.79 Å². The summed E-state index contributed by atoms with van der Waals surface area (Å²) in [6.07, 6.45) is 2.65. The molecule has 2 atom stereocenters. The molecular formula is C11H17NO4. The molecule has 2 rings (SSSR count). The van der Waals surface area contributed by atoms with Crippen molar-refractivity contribution in [3.63, 3.8) is 0 Å². The fourth-order valence-corrected chi connectivity index (χ4v) is 2.85. The molecule has 16 heavy (non-hydrogen) atoms. The number of ether oxygens (including phenoxy) is 2. The van der Waals surface area contributed by atoms with E-state index in [1.807, 2.05) is 6.92 Å². The molecule has 1 N–H and O–H groups in total. The molecule has 2 aliphatic rings. The lowest BCUT2D eigenvalue weighted by Gasteiger charge is -2.40. The molecular weight excluding hydrogens is 210 g/mol. The second-order valence-corrected chi connectivity index (χ2v) is 5.01. The Morgan fingerprint density at radius 2 is 2.25 bits per heavy atom. The third-order valence-electron chi connectivity index (χ3n) is 3.62. The van der Waals surface area contributed by atoms with Crippen LogP contribution in [0.3, 0.4) is 0 Å². The minimum atomic E-state index is -0.528. The third-order valence-corrected chi connectivity index (χ3v) is 3.62. The van der Waals surface area contributed by atoms with E-state index in [1.54, 1.807) is 0 Å². The number of esters is 1. The number of methoxy groups -OCH3 is 1. The van der Waals surface area contributed by atoms with Crippen LogP contribution in [0.1, 0.15) is 32.6 Å². The van der Waals surface area contributed by atoms with Crippen LogP contribution in [0.4, 0.5) is 4.79 Å². The largest absolute Gasteiger partial charge is 0.469 e. The predicted molar refractivity (Wildman–Crippen MR) is 55.8 cm³/mol. The highest BCUT2D eigenvalue weighted by Gasteiger charge is 2.51. The van der Waals surface area contributed by atoms with Gasteiger partial charge in [0, 0.05) is 6.42 Å². The van der Waals surface area contributed by atoms with Crippen LogP contribution in [0.15, 0.2) is 0 Å². The molecule has 2 unspecified atom stereocenters. The first-order valence-corrected chi connectivity index (χ1v) is 5.55. The van der Waals surface area contributed by atoms with Crippen molar-refractivity contribution in [1.29, 1.82) is 0 Å². The Bertz CT molecular complexity index is 330. The first-order valence-electron chi connectivity index (χ1n) is 5.55. The highest BCUT2D eigenvalue weighted by atomic mass is 16.6. The van der Waals surface area contributed by atoms with E-state index in [1.165, 1.54) is 7.11 Å². The summed E-state index contributed by atoms with van der Waals surface area (Å²) in [5.41, 5.74) is -1.03. The van der Waals surface area contributed by atoms with Crippen molar-refractivity contribution in [1.82, 2.24) is 5.32 Å². The summed E-state index contributed by atoms with van der Waals surface area (Å²) >= 11 is 0. The maximum Gasteiger partial charge on any atom is 0.407 e. The number of hydrogen-bond acceptors (Lipinski definition) is 4. The van der Waals surface area contributed by atoms with Gasteiger partial charge in [-0.15, -0.1) is 0 Å². The summed E-state index contributed by atoms with van der Waals surface area (Å²) in [6, 6.07) is 0. The molecule has 0 radical (unpaired) electrons. The predicted octanol–water partition coefficient (Wildman–Crippen LogP) is 1.22. The van der Waals surface area contributed by atoms with Gasteiger partial charge in [0.05, 0.1) is 19.1 Å². The zero-order valence-electron chi connectivity index (χ0n) is 9.67. The van der Waals surface area contributed by atoms with Crippen LogP contribution in [-0.2, 0) is 14.3 Å². The van der Waals surface area contributed by atoms with Crippen LogP contribution < -0.4 is 5.32 Å². The summed E-state index contributed by atoms with van der Waals surface area (Å²) in [7, 11) is 1.40. The fourth-order valence-electron chi connectivity index (χ4n) is 2.85. The molecule has 1 saturated carbocycles. The van der Waals surface area contributed by atoms with Gasteiger partial charge in [0.25, 0.3) is 0 Å². The monoisotopic (exact) mass is 227 g/mol. The van der Waals surface area contributed by atoms with Crippen LogP contribution in [0.5, 0.6) is 0 Å². The number of amides is 1. The summed E-state index contributed by atoms with van der Waals surface area (Å²) in [4.78, 5) is 22.8. The topological polar surface area (TPSA) is 64.6 Å². The zero-order valence-corrected chi connectivity index (χ0v) is 9.67.